The lowest BCUT2D eigenvalue weighted by Crippen LogP contribution is -2.13. The molecule has 109 valence electrons. The first-order valence-corrected chi connectivity index (χ1v) is 8.27. The van der Waals surface area contributed by atoms with Gasteiger partial charge in [-0.1, -0.05) is 92.4 Å². The van der Waals surface area contributed by atoms with Crippen molar-refractivity contribution in [2.24, 2.45) is 5.41 Å². The van der Waals surface area contributed by atoms with Gasteiger partial charge >= 0.3 is 0 Å². The van der Waals surface area contributed by atoms with Crippen molar-refractivity contribution in [2.45, 2.75) is 105 Å². The molecule has 0 aromatic heterocycles. The van der Waals surface area contributed by atoms with E-state index in [4.69, 9.17) is 0 Å². The van der Waals surface area contributed by atoms with Crippen LogP contribution in [-0.4, -0.2) is 0 Å². The molecule has 0 unspecified atom stereocenters. The Labute approximate surface area is 117 Å². The highest BCUT2D eigenvalue weighted by Gasteiger charge is 2.18. The van der Waals surface area contributed by atoms with Crippen molar-refractivity contribution in [1.29, 1.82) is 0 Å². The second kappa shape index (κ2) is 10.9. The van der Waals surface area contributed by atoms with Crippen LogP contribution in [0.5, 0.6) is 0 Å². The van der Waals surface area contributed by atoms with Crippen LogP contribution in [0.1, 0.15) is 105 Å². The first-order valence-electron chi connectivity index (χ1n) is 8.27. The zero-order valence-electron chi connectivity index (χ0n) is 13.8. The smallest absolute Gasteiger partial charge is 0.0298 e. The van der Waals surface area contributed by atoms with E-state index in [0.717, 1.165) is 0 Å². The number of hydrogen-bond acceptors (Lipinski definition) is 0. The molecule has 0 aliphatic heterocycles. The molecule has 0 amide bonds. The average Bonchev–Trinajstić information content (AvgIpc) is 2.25. The van der Waals surface area contributed by atoms with Gasteiger partial charge in [-0.3, -0.25) is 0 Å². The standard InChI is InChI=1S/C18H37/c1-6-7-8-9-10-11-12-13-14-15-18(4,5)16-17(2)3/h6-16H2,1-5H3. The van der Waals surface area contributed by atoms with E-state index in [1.165, 1.54) is 70.6 Å². The summed E-state index contributed by atoms with van der Waals surface area (Å²) in [5.41, 5.74) is 0.528. The number of hydrogen-bond donors (Lipinski definition) is 0. The second-order valence-electron chi connectivity index (χ2n) is 7.13. The van der Waals surface area contributed by atoms with Crippen molar-refractivity contribution in [1.82, 2.24) is 0 Å². The van der Waals surface area contributed by atoms with Crippen LogP contribution >= 0.6 is 0 Å². The van der Waals surface area contributed by atoms with E-state index >= 15 is 0 Å². The molecule has 18 heavy (non-hydrogen) atoms. The van der Waals surface area contributed by atoms with E-state index in [2.05, 4.69) is 34.6 Å². The van der Waals surface area contributed by atoms with Gasteiger partial charge in [-0.15, -0.1) is 0 Å². The molecule has 0 fully saturated rings. The normalized spacial score (nSPS) is 12.3. The molecule has 1 radical (unpaired) electrons. The molecule has 0 aromatic carbocycles. The summed E-state index contributed by atoms with van der Waals surface area (Å²) in [5.74, 6) is 1.58. The molecule has 0 aliphatic carbocycles. The Morgan fingerprint density at radius 3 is 1.61 bits per heavy atom. The SMILES string of the molecule is CCCCCCCCCCCC(C)(C)C[C](C)C. The average molecular weight is 253 g/mol. The molecular formula is C18H37. The summed E-state index contributed by atoms with van der Waals surface area (Å²) in [6, 6.07) is 0. The topological polar surface area (TPSA) is 0 Å². The highest BCUT2D eigenvalue weighted by molar-refractivity contribution is 4.85. The Morgan fingerprint density at radius 1 is 0.722 bits per heavy atom. The van der Waals surface area contributed by atoms with Gasteiger partial charge in [-0.25, -0.2) is 0 Å². The second-order valence-corrected chi connectivity index (χ2v) is 7.13. The Hall–Kier alpha value is 0. The Bertz CT molecular complexity index is 167. The van der Waals surface area contributed by atoms with E-state index in [9.17, 15) is 0 Å². The van der Waals surface area contributed by atoms with E-state index in [1.807, 2.05) is 0 Å². The van der Waals surface area contributed by atoms with Gasteiger partial charge in [-0.05, 0) is 24.2 Å². The van der Waals surface area contributed by atoms with Gasteiger partial charge in [0, 0.05) is 0 Å². The molecule has 0 bridgehead atoms. The highest BCUT2D eigenvalue weighted by atomic mass is 14.2. The molecule has 0 spiro atoms. The fraction of sp³-hybridized carbons (Fsp3) is 0.944. The predicted molar refractivity (Wildman–Crippen MR) is 84.8 cm³/mol. The summed E-state index contributed by atoms with van der Waals surface area (Å²) in [6.07, 6.45) is 15.7. The summed E-state index contributed by atoms with van der Waals surface area (Å²) in [5, 5.41) is 0. The van der Waals surface area contributed by atoms with E-state index < -0.39 is 0 Å². The minimum Gasteiger partial charge on any atom is -0.0654 e. The summed E-state index contributed by atoms with van der Waals surface area (Å²) in [7, 11) is 0. The molecule has 0 rings (SSSR count). The molecule has 0 saturated carbocycles. The van der Waals surface area contributed by atoms with Crippen LogP contribution in [0.3, 0.4) is 0 Å². The van der Waals surface area contributed by atoms with Crippen LogP contribution in [0.4, 0.5) is 0 Å². The van der Waals surface area contributed by atoms with Crippen LogP contribution in [0.25, 0.3) is 0 Å². The van der Waals surface area contributed by atoms with Crippen LogP contribution in [0.2, 0.25) is 0 Å². The van der Waals surface area contributed by atoms with Crippen molar-refractivity contribution in [3.8, 4) is 0 Å². The Balaban J connectivity index is 3.29. The van der Waals surface area contributed by atoms with Crippen molar-refractivity contribution < 1.29 is 0 Å². The maximum Gasteiger partial charge on any atom is -0.0298 e. The summed E-state index contributed by atoms with van der Waals surface area (Å²) >= 11 is 0. The third-order valence-electron chi connectivity index (χ3n) is 3.79. The fourth-order valence-corrected chi connectivity index (χ4v) is 2.96. The quantitative estimate of drug-likeness (QED) is 0.330. The molecule has 0 heteroatoms. The van der Waals surface area contributed by atoms with Crippen molar-refractivity contribution >= 4 is 0 Å². The summed E-state index contributed by atoms with van der Waals surface area (Å²) < 4.78 is 0. The van der Waals surface area contributed by atoms with Gasteiger partial charge in [0.15, 0.2) is 0 Å². The minimum absolute atomic E-state index is 0.528. The molecule has 0 nitrogen and oxygen atoms in total. The zero-order chi connectivity index (χ0) is 13.9. The van der Waals surface area contributed by atoms with Crippen molar-refractivity contribution in [2.75, 3.05) is 0 Å². The van der Waals surface area contributed by atoms with E-state index in [0.29, 0.717) is 5.41 Å². The summed E-state index contributed by atoms with van der Waals surface area (Å²) in [6.45, 7) is 11.7. The first-order chi connectivity index (χ1) is 8.48. The maximum atomic E-state index is 2.42. The lowest BCUT2D eigenvalue weighted by atomic mass is 9.79. The third-order valence-corrected chi connectivity index (χ3v) is 3.79. The number of unbranched alkanes of at least 4 members (excludes halogenated alkanes) is 8. The fourth-order valence-electron chi connectivity index (χ4n) is 2.96. The Morgan fingerprint density at radius 2 is 1.17 bits per heavy atom. The van der Waals surface area contributed by atoms with Gasteiger partial charge < -0.3 is 0 Å². The molecule has 0 saturated heterocycles. The highest BCUT2D eigenvalue weighted by Crippen LogP contribution is 2.32. The maximum absolute atomic E-state index is 2.42. The molecule has 0 N–H and O–H groups in total. The molecule has 0 aromatic rings. The van der Waals surface area contributed by atoms with E-state index in [-0.39, 0.29) is 0 Å². The van der Waals surface area contributed by atoms with Crippen molar-refractivity contribution in [3.63, 3.8) is 0 Å². The van der Waals surface area contributed by atoms with Gasteiger partial charge in [-0.2, -0.15) is 0 Å². The van der Waals surface area contributed by atoms with Crippen LogP contribution in [-0.2, 0) is 0 Å². The van der Waals surface area contributed by atoms with Crippen molar-refractivity contribution in [3.05, 3.63) is 5.92 Å². The molecule has 0 aliphatic rings. The third kappa shape index (κ3) is 12.5. The Kier molecular flexibility index (Phi) is 10.9. The monoisotopic (exact) mass is 253 g/mol. The largest absolute Gasteiger partial charge is 0.0654 e. The van der Waals surface area contributed by atoms with Crippen LogP contribution < -0.4 is 0 Å². The predicted octanol–water partition coefficient (Wildman–Crippen LogP) is 6.94. The lowest BCUT2D eigenvalue weighted by molar-refractivity contribution is 0.302. The summed E-state index contributed by atoms with van der Waals surface area (Å²) in [4.78, 5) is 0. The van der Waals surface area contributed by atoms with Crippen LogP contribution in [0.15, 0.2) is 0 Å². The van der Waals surface area contributed by atoms with E-state index in [1.54, 1.807) is 5.92 Å². The molecular weight excluding hydrogens is 216 g/mol. The van der Waals surface area contributed by atoms with Crippen LogP contribution in [0, 0.1) is 11.3 Å². The van der Waals surface area contributed by atoms with Gasteiger partial charge in [0.1, 0.15) is 0 Å². The molecule has 0 heterocycles. The minimum atomic E-state index is 0.528. The first kappa shape index (κ1) is 18.0. The van der Waals surface area contributed by atoms with Gasteiger partial charge in [0.25, 0.3) is 0 Å². The number of rotatable bonds is 12. The molecule has 0 atom stereocenters. The van der Waals surface area contributed by atoms with Gasteiger partial charge in [0.05, 0.1) is 0 Å². The zero-order valence-corrected chi connectivity index (χ0v) is 13.8. The van der Waals surface area contributed by atoms with Gasteiger partial charge in [0.2, 0.25) is 0 Å². The lowest BCUT2D eigenvalue weighted by Gasteiger charge is -2.26.